The number of carbonyl (C=O) groups excluding carboxylic acids is 1. The number of benzene rings is 1. The quantitative estimate of drug-likeness (QED) is 0.553. The van der Waals surface area contributed by atoms with Gasteiger partial charge in [0.25, 0.3) is 5.91 Å². The molecule has 0 saturated heterocycles. The third kappa shape index (κ3) is 5.12. The minimum atomic E-state index is -4.63. The summed E-state index contributed by atoms with van der Waals surface area (Å²) in [6.07, 6.45) is 1.29. The van der Waals surface area contributed by atoms with Crippen molar-refractivity contribution in [1.29, 1.82) is 0 Å². The molecule has 4 rings (SSSR count). The lowest BCUT2D eigenvalue weighted by molar-refractivity contribution is -0.136. The van der Waals surface area contributed by atoms with E-state index in [2.05, 4.69) is 15.4 Å². The number of fused-ring (bicyclic) bond motifs is 1. The normalized spacial score (nSPS) is 15.1. The summed E-state index contributed by atoms with van der Waals surface area (Å²) in [5.41, 5.74) is 1.06. The molecule has 1 saturated carbocycles. The van der Waals surface area contributed by atoms with E-state index in [4.69, 9.17) is 4.74 Å². The fraction of sp³-hybridized carbons (Fsp3) is 0.458. The van der Waals surface area contributed by atoms with E-state index in [9.17, 15) is 18.0 Å². The van der Waals surface area contributed by atoms with E-state index in [1.807, 2.05) is 19.1 Å². The summed E-state index contributed by atoms with van der Waals surface area (Å²) < 4.78 is 48.5. The fourth-order valence-corrected chi connectivity index (χ4v) is 4.27. The van der Waals surface area contributed by atoms with Gasteiger partial charge in [-0.05, 0) is 43.9 Å². The Hall–Kier alpha value is -3.10. The molecule has 0 atom stereocenters. The lowest BCUT2D eigenvalue weighted by atomic mass is 9.95. The molecule has 176 valence electrons. The van der Waals surface area contributed by atoms with Crippen LogP contribution in [0.4, 0.5) is 13.2 Å². The number of nitrogens with zero attached hydrogens (tertiary/aromatic N) is 3. The fourth-order valence-electron chi connectivity index (χ4n) is 4.27. The highest BCUT2D eigenvalue weighted by Gasteiger charge is 2.36. The molecule has 3 aromatic rings. The second kappa shape index (κ2) is 9.41. The Bertz CT molecular complexity index is 1130. The van der Waals surface area contributed by atoms with E-state index in [1.54, 1.807) is 12.1 Å². The second-order valence-electron chi connectivity index (χ2n) is 8.41. The van der Waals surface area contributed by atoms with Gasteiger partial charge in [0.2, 0.25) is 5.88 Å². The molecule has 0 aliphatic heterocycles. The number of hydrogen-bond donors (Lipinski definition) is 1. The first-order valence-electron chi connectivity index (χ1n) is 11.3. The summed E-state index contributed by atoms with van der Waals surface area (Å²) in [5.74, 6) is -0.628. The summed E-state index contributed by atoms with van der Waals surface area (Å²) in [6.45, 7) is 3.15. The molecule has 6 nitrogen and oxygen atoms in total. The van der Waals surface area contributed by atoms with Crippen LogP contribution in [0.25, 0.3) is 16.7 Å². The van der Waals surface area contributed by atoms with Gasteiger partial charge >= 0.3 is 6.18 Å². The number of pyridine rings is 1. The van der Waals surface area contributed by atoms with Crippen LogP contribution in [0.15, 0.2) is 30.3 Å². The Morgan fingerprint density at radius 1 is 1.18 bits per heavy atom. The van der Waals surface area contributed by atoms with Crippen LogP contribution in [0.1, 0.15) is 55.8 Å². The Labute approximate surface area is 190 Å². The van der Waals surface area contributed by atoms with Crippen LogP contribution in [0.2, 0.25) is 0 Å². The van der Waals surface area contributed by atoms with E-state index in [0.717, 1.165) is 50.2 Å². The van der Waals surface area contributed by atoms with Gasteiger partial charge in [-0.2, -0.15) is 23.3 Å². The van der Waals surface area contributed by atoms with Gasteiger partial charge < -0.3 is 10.1 Å². The van der Waals surface area contributed by atoms with Gasteiger partial charge in [0.15, 0.2) is 12.3 Å². The molecule has 2 aromatic heterocycles. The van der Waals surface area contributed by atoms with Crippen molar-refractivity contribution in [2.24, 2.45) is 0 Å². The number of amides is 1. The molecule has 0 radical (unpaired) electrons. The smallest absolute Gasteiger partial charge is 0.417 e. The van der Waals surface area contributed by atoms with Crippen molar-refractivity contribution < 1.29 is 22.7 Å². The number of nitrogens with one attached hydrogen (secondary N) is 1. The first-order chi connectivity index (χ1) is 15.8. The minimum Gasteiger partial charge on any atom is -0.467 e. The van der Waals surface area contributed by atoms with Gasteiger partial charge in [0.05, 0.1) is 22.3 Å². The number of halogens is 3. The van der Waals surface area contributed by atoms with Crippen molar-refractivity contribution in [2.75, 3.05) is 6.61 Å². The van der Waals surface area contributed by atoms with Gasteiger partial charge in [-0.1, -0.05) is 38.3 Å². The van der Waals surface area contributed by atoms with Crippen LogP contribution in [-0.4, -0.2) is 33.3 Å². The van der Waals surface area contributed by atoms with Crippen LogP contribution in [0, 0.1) is 6.92 Å². The second-order valence-corrected chi connectivity index (χ2v) is 8.41. The molecular formula is C24H27F3N4O2. The molecule has 1 aliphatic rings. The van der Waals surface area contributed by atoms with Crippen molar-refractivity contribution in [3.63, 3.8) is 0 Å². The van der Waals surface area contributed by atoms with Gasteiger partial charge in [-0.3, -0.25) is 4.79 Å². The molecular weight excluding hydrogens is 433 g/mol. The Kier molecular flexibility index (Phi) is 6.58. The van der Waals surface area contributed by atoms with E-state index in [-0.39, 0.29) is 34.6 Å². The molecule has 0 bridgehead atoms. The van der Waals surface area contributed by atoms with Crippen LogP contribution in [-0.2, 0) is 17.4 Å². The largest absolute Gasteiger partial charge is 0.467 e. The lowest BCUT2D eigenvalue weighted by Crippen LogP contribution is -2.39. The number of aryl methyl sites for hydroxylation is 2. The highest BCUT2D eigenvalue weighted by atomic mass is 19.4. The number of hydrogen-bond acceptors (Lipinski definition) is 4. The van der Waals surface area contributed by atoms with Crippen molar-refractivity contribution in [2.45, 2.75) is 64.6 Å². The predicted octanol–water partition coefficient (Wildman–Crippen LogP) is 5.14. The lowest BCUT2D eigenvalue weighted by Gasteiger charge is -2.22. The first-order valence-corrected chi connectivity index (χ1v) is 11.3. The van der Waals surface area contributed by atoms with Gasteiger partial charge in [-0.15, -0.1) is 0 Å². The number of carbonyl (C=O) groups is 1. The van der Waals surface area contributed by atoms with E-state index < -0.39 is 18.3 Å². The molecule has 33 heavy (non-hydrogen) atoms. The third-order valence-electron chi connectivity index (χ3n) is 6.01. The van der Waals surface area contributed by atoms with Crippen LogP contribution >= 0.6 is 0 Å². The topological polar surface area (TPSA) is 69.0 Å². The van der Waals surface area contributed by atoms with Crippen molar-refractivity contribution in [3.05, 3.63) is 47.2 Å². The maximum Gasteiger partial charge on any atom is 0.417 e. The van der Waals surface area contributed by atoms with Crippen LogP contribution in [0.3, 0.4) is 0 Å². The maximum atomic E-state index is 13.9. The molecule has 1 aromatic carbocycles. The molecule has 0 spiro atoms. The Morgan fingerprint density at radius 2 is 1.88 bits per heavy atom. The highest BCUT2D eigenvalue weighted by Crippen LogP contribution is 2.38. The standard InChI is InChI=1S/C24H27F3N4O2/c1-3-16-9-11-18(12-10-16)31-23-22(15(2)30-31)19(24(25,26)27)13-21(29-23)33-14-20(32)28-17-7-5-4-6-8-17/h9-13,17H,3-8,14H2,1-2H3,(H,28,32). The summed E-state index contributed by atoms with van der Waals surface area (Å²) >= 11 is 0. The molecule has 2 heterocycles. The first kappa shape index (κ1) is 23.1. The summed E-state index contributed by atoms with van der Waals surface area (Å²) in [7, 11) is 0. The summed E-state index contributed by atoms with van der Waals surface area (Å²) in [5, 5.41) is 7.13. The Balaban J connectivity index is 1.66. The molecule has 1 aliphatic carbocycles. The third-order valence-corrected chi connectivity index (χ3v) is 6.01. The molecule has 9 heteroatoms. The van der Waals surface area contributed by atoms with E-state index in [0.29, 0.717) is 5.69 Å². The Morgan fingerprint density at radius 3 is 2.52 bits per heavy atom. The molecule has 0 unspecified atom stereocenters. The SMILES string of the molecule is CCc1ccc(-n2nc(C)c3c(C(F)(F)F)cc(OCC(=O)NC4CCCCC4)nc32)cc1. The van der Waals surface area contributed by atoms with Crippen molar-refractivity contribution >= 4 is 16.9 Å². The van der Waals surface area contributed by atoms with E-state index >= 15 is 0 Å². The molecule has 1 fully saturated rings. The number of rotatable bonds is 6. The van der Waals surface area contributed by atoms with Gasteiger partial charge in [0.1, 0.15) is 0 Å². The number of aromatic nitrogens is 3. The zero-order valence-corrected chi connectivity index (χ0v) is 18.7. The monoisotopic (exact) mass is 460 g/mol. The minimum absolute atomic E-state index is 0.0364. The molecule has 1 amide bonds. The highest BCUT2D eigenvalue weighted by molar-refractivity contribution is 5.85. The predicted molar refractivity (Wildman–Crippen MR) is 118 cm³/mol. The summed E-state index contributed by atoms with van der Waals surface area (Å²) in [6, 6.07) is 8.33. The zero-order valence-electron chi connectivity index (χ0n) is 18.7. The van der Waals surface area contributed by atoms with Crippen LogP contribution in [0.5, 0.6) is 5.88 Å². The zero-order chi connectivity index (χ0) is 23.6. The van der Waals surface area contributed by atoms with Crippen molar-refractivity contribution in [1.82, 2.24) is 20.1 Å². The average Bonchev–Trinajstić information content (AvgIpc) is 3.13. The van der Waals surface area contributed by atoms with Crippen molar-refractivity contribution in [3.8, 4) is 11.6 Å². The van der Waals surface area contributed by atoms with Gasteiger partial charge in [0, 0.05) is 12.1 Å². The maximum absolute atomic E-state index is 13.9. The van der Waals surface area contributed by atoms with E-state index in [1.165, 1.54) is 11.6 Å². The van der Waals surface area contributed by atoms with Gasteiger partial charge in [-0.25, -0.2) is 4.68 Å². The number of alkyl halides is 3. The average molecular weight is 461 g/mol. The molecule has 1 N–H and O–H groups in total. The number of ether oxygens (including phenoxy) is 1. The summed E-state index contributed by atoms with van der Waals surface area (Å²) in [4.78, 5) is 16.6. The van der Waals surface area contributed by atoms with Crippen LogP contribution < -0.4 is 10.1 Å².